The van der Waals surface area contributed by atoms with Gasteiger partial charge in [0, 0.05) is 10.9 Å². The summed E-state index contributed by atoms with van der Waals surface area (Å²) in [5.74, 6) is -0.645. The van der Waals surface area contributed by atoms with Crippen LogP contribution in [0.1, 0.15) is 30.6 Å². The Morgan fingerprint density at radius 1 is 1.50 bits per heavy atom. The molecule has 4 heteroatoms. The Kier molecular flexibility index (Phi) is 3.83. The number of rotatable bonds is 4. The predicted molar refractivity (Wildman–Crippen MR) is 54.5 cm³/mol. The summed E-state index contributed by atoms with van der Waals surface area (Å²) < 4.78 is 4.86. The normalized spacial score (nSPS) is 10.2. The molecule has 0 aliphatic carbocycles. The lowest BCUT2D eigenvalue weighted by Gasteiger charge is -2.06. The van der Waals surface area contributed by atoms with Crippen molar-refractivity contribution in [1.82, 2.24) is 0 Å². The van der Waals surface area contributed by atoms with Crippen LogP contribution in [0.15, 0.2) is 16.8 Å². The van der Waals surface area contributed by atoms with Gasteiger partial charge in [-0.25, -0.2) is 0 Å². The van der Waals surface area contributed by atoms with Gasteiger partial charge < -0.3 is 4.74 Å². The molecule has 76 valence electrons. The van der Waals surface area contributed by atoms with Crippen molar-refractivity contribution in [2.45, 2.75) is 26.4 Å². The molecule has 0 amide bonds. The van der Waals surface area contributed by atoms with Gasteiger partial charge in [-0.15, -0.1) is 0 Å². The van der Waals surface area contributed by atoms with Crippen LogP contribution in [-0.2, 0) is 9.53 Å². The van der Waals surface area contributed by atoms with Crippen LogP contribution in [-0.4, -0.2) is 17.9 Å². The fourth-order valence-electron chi connectivity index (χ4n) is 0.961. The van der Waals surface area contributed by atoms with E-state index in [1.54, 1.807) is 30.7 Å². The molecule has 0 bridgehead atoms. The van der Waals surface area contributed by atoms with Crippen molar-refractivity contribution in [3.05, 3.63) is 22.4 Å². The maximum atomic E-state index is 11.4. The molecule has 0 unspecified atom stereocenters. The topological polar surface area (TPSA) is 43.4 Å². The van der Waals surface area contributed by atoms with E-state index < -0.39 is 5.97 Å². The highest BCUT2D eigenvalue weighted by atomic mass is 32.1. The lowest BCUT2D eigenvalue weighted by molar-refractivity contribution is -0.146. The maximum Gasteiger partial charge on any atom is 0.313 e. The Labute approximate surface area is 86.7 Å². The van der Waals surface area contributed by atoms with E-state index in [4.69, 9.17) is 4.74 Å². The monoisotopic (exact) mass is 212 g/mol. The summed E-state index contributed by atoms with van der Waals surface area (Å²) in [6.45, 7) is 3.51. The third-order valence-electron chi connectivity index (χ3n) is 1.52. The van der Waals surface area contributed by atoms with E-state index in [1.165, 1.54) is 11.3 Å². The number of hydrogen-bond acceptors (Lipinski definition) is 4. The fourth-order valence-corrected chi connectivity index (χ4v) is 1.62. The second-order valence-electron chi connectivity index (χ2n) is 3.15. The van der Waals surface area contributed by atoms with E-state index in [-0.39, 0.29) is 18.3 Å². The fraction of sp³-hybridized carbons (Fsp3) is 0.400. The van der Waals surface area contributed by atoms with Crippen molar-refractivity contribution in [3.63, 3.8) is 0 Å². The molecule has 0 radical (unpaired) electrons. The molecular weight excluding hydrogens is 200 g/mol. The molecule has 1 rings (SSSR count). The number of hydrogen-bond donors (Lipinski definition) is 0. The number of ether oxygens (including phenoxy) is 1. The van der Waals surface area contributed by atoms with E-state index in [0.29, 0.717) is 5.56 Å². The zero-order valence-electron chi connectivity index (χ0n) is 8.15. The smallest absolute Gasteiger partial charge is 0.313 e. The molecule has 1 heterocycles. The lowest BCUT2D eigenvalue weighted by atomic mass is 10.2. The number of Topliss-reactive ketones (excluding diaryl/α,β-unsaturated/α-hetero) is 1. The molecule has 0 saturated carbocycles. The van der Waals surface area contributed by atoms with E-state index in [0.717, 1.165) is 0 Å². The molecule has 0 aliphatic rings. The van der Waals surface area contributed by atoms with Gasteiger partial charge in [-0.05, 0) is 25.3 Å². The first-order valence-corrected chi connectivity index (χ1v) is 5.28. The Morgan fingerprint density at radius 3 is 2.71 bits per heavy atom. The zero-order valence-corrected chi connectivity index (χ0v) is 8.97. The van der Waals surface area contributed by atoms with Gasteiger partial charge in [0.1, 0.15) is 6.42 Å². The Morgan fingerprint density at radius 2 is 2.21 bits per heavy atom. The minimum absolute atomic E-state index is 0.169. The van der Waals surface area contributed by atoms with Crippen molar-refractivity contribution in [2.75, 3.05) is 0 Å². The number of esters is 1. The molecule has 0 saturated heterocycles. The molecule has 0 atom stereocenters. The van der Waals surface area contributed by atoms with Gasteiger partial charge in [0.25, 0.3) is 0 Å². The highest BCUT2D eigenvalue weighted by Crippen LogP contribution is 2.09. The van der Waals surface area contributed by atoms with E-state index >= 15 is 0 Å². The van der Waals surface area contributed by atoms with Crippen LogP contribution in [0.25, 0.3) is 0 Å². The average molecular weight is 212 g/mol. The molecule has 14 heavy (non-hydrogen) atoms. The molecule has 1 aromatic heterocycles. The second-order valence-corrected chi connectivity index (χ2v) is 3.93. The molecular formula is C10H12O3S. The van der Waals surface area contributed by atoms with Gasteiger partial charge in [-0.3, -0.25) is 9.59 Å². The van der Waals surface area contributed by atoms with Crippen LogP contribution in [0.3, 0.4) is 0 Å². The first-order valence-electron chi connectivity index (χ1n) is 4.34. The van der Waals surface area contributed by atoms with Gasteiger partial charge in [0.05, 0.1) is 6.10 Å². The summed E-state index contributed by atoms with van der Waals surface area (Å²) >= 11 is 1.44. The summed E-state index contributed by atoms with van der Waals surface area (Å²) in [7, 11) is 0. The largest absolute Gasteiger partial charge is 0.463 e. The van der Waals surface area contributed by atoms with Crippen LogP contribution in [0.5, 0.6) is 0 Å². The van der Waals surface area contributed by atoms with Crippen LogP contribution in [0.4, 0.5) is 0 Å². The number of carbonyl (C=O) groups excluding carboxylic acids is 2. The maximum absolute atomic E-state index is 11.4. The Hall–Kier alpha value is -1.16. The summed E-state index contributed by atoms with van der Waals surface area (Å²) in [5.41, 5.74) is 0.579. The highest BCUT2D eigenvalue weighted by molar-refractivity contribution is 7.08. The molecule has 3 nitrogen and oxygen atoms in total. The van der Waals surface area contributed by atoms with Crippen molar-refractivity contribution < 1.29 is 14.3 Å². The van der Waals surface area contributed by atoms with E-state index in [1.807, 2.05) is 0 Å². The zero-order chi connectivity index (χ0) is 10.6. The van der Waals surface area contributed by atoms with Gasteiger partial charge >= 0.3 is 5.97 Å². The minimum atomic E-state index is -0.462. The quantitative estimate of drug-likeness (QED) is 0.437. The SMILES string of the molecule is CC(C)OC(=O)CC(=O)c1ccsc1. The van der Waals surface area contributed by atoms with Crippen LogP contribution in [0, 0.1) is 0 Å². The van der Waals surface area contributed by atoms with Gasteiger partial charge in [-0.1, -0.05) is 0 Å². The number of thiophene rings is 1. The molecule has 0 N–H and O–H groups in total. The van der Waals surface area contributed by atoms with Crippen LogP contribution < -0.4 is 0 Å². The van der Waals surface area contributed by atoms with Gasteiger partial charge in [0.2, 0.25) is 0 Å². The second kappa shape index (κ2) is 4.91. The first kappa shape index (κ1) is 10.9. The highest BCUT2D eigenvalue weighted by Gasteiger charge is 2.13. The summed E-state index contributed by atoms with van der Waals surface area (Å²) in [6.07, 6.45) is -0.340. The average Bonchev–Trinajstić information content (AvgIpc) is 2.53. The lowest BCUT2D eigenvalue weighted by Crippen LogP contribution is -2.15. The molecule has 0 aromatic carbocycles. The Bertz CT molecular complexity index is 314. The number of ketones is 1. The standard InChI is InChI=1S/C10H12O3S/c1-7(2)13-10(12)5-9(11)8-3-4-14-6-8/h3-4,6-7H,5H2,1-2H3. The van der Waals surface area contributed by atoms with Crippen molar-refractivity contribution in [2.24, 2.45) is 0 Å². The summed E-state index contributed by atoms with van der Waals surface area (Å²) in [6, 6.07) is 1.70. The summed E-state index contributed by atoms with van der Waals surface area (Å²) in [4.78, 5) is 22.5. The molecule has 0 spiro atoms. The first-order chi connectivity index (χ1) is 6.59. The minimum Gasteiger partial charge on any atom is -0.463 e. The molecule has 0 fully saturated rings. The predicted octanol–water partition coefficient (Wildman–Crippen LogP) is 2.27. The molecule has 1 aromatic rings. The van der Waals surface area contributed by atoms with E-state index in [9.17, 15) is 9.59 Å². The van der Waals surface area contributed by atoms with Crippen molar-refractivity contribution >= 4 is 23.1 Å². The third kappa shape index (κ3) is 3.30. The number of carbonyl (C=O) groups is 2. The summed E-state index contributed by atoms with van der Waals surface area (Å²) in [5, 5.41) is 3.53. The van der Waals surface area contributed by atoms with Crippen LogP contribution in [0.2, 0.25) is 0 Å². The molecule has 0 aliphatic heterocycles. The van der Waals surface area contributed by atoms with E-state index in [2.05, 4.69) is 0 Å². The van der Waals surface area contributed by atoms with Crippen molar-refractivity contribution in [1.29, 1.82) is 0 Å². The Balaban J connectivity index is 2.46. The van der Waals surface area contributed by atoms with Crippen LogP contribution >= 0.6 is 11.3 Å². The van der Waals surface area contributed by atoms with Gasteiger partial charge in [0.15, 0.2) is 5.78 Å². The van der Waals surface area contributed by atoms with Crippen molar-refractivity contribution in [3.8, 4) is 0 Å². The third-order valence-corrected chi connectivity index (χ3v) is 2.20. The van der Waals surface area contributed by atoms with Gasteiger partial charge in [-0.2, -0.15) is 11.3 Å².